The van der Waals surface area contributed by atoms with Crippen molar-refractivity contribution >= 4 is 23.4 Å². The van der Waals surface area contributed by atoms with Crippen molar-refractivity contribution in [3.63, 3.8) is 0 Å². The number of amides is 3. The normalized spacial score (nSPS) is 20.5. The molecule has 9 heteroatoms. The van der Waals surface area contributed by atoms with Gasteiger partial charge in [0, 0.05) is 18.2 Å². The molecule has 0 unspecified atom stereocenters. The molecule has 7 nitrogen and oxygen atoms in total. The average Bonchev–Trinajstić information content (AvgIpc) is 3.09. The number of alkyl halides is 2. The van der Waals surface area contributed by atoms with E-state index in [1.165, 1.54) is 18.2 Å². The number of rotatable bonds is 6. The molecule has 0 radical (unpaired) electrons. The van der Waals surface area contributed by atoms with E-state index in [1.54, 1.807) is 0 Å². The summed E-state index contributed by atoms with van der Waals surface area (Å²) in [7, 11) is 0. The number of carbonyl (C=O) groups excluding carboxylic acids is 3. The van der Waals surface area contributed by atoms with E-state index in [0.29, 0.717) is 5.69 Å². The molecule has 1 saturated heterocycles. The molecule has 2 aliphatic rings. The number of hydrogen-bond donors (Lipinski definition) is 2. The number of benzene rings is 1. The van der Waals surface area contributed by atoms with Gasteiger partial charge in [0.1, 0.15) is 5.92 Å². The van der Waals surface area contributed by atoms with Crippen LogP contribution >= 0.6 is 0 Å². The van der Waals surface area contributed by atoms with E-state index in [-0.39, 0.29) is 30.4 Å². The van der Waals surface area contributed by atoms with Crippen LogP contribution in [0.15, 0.2) is 18.2 Å². The maximum Gasteiger partial charge on any atom is 0.387 e. The molecular weight excluding hydrogens is 362 g/mol. The molecular formula is C18H20F2N2O5. The largest absolute Gasteiger partial charge is 0.486 e. The molecule has 1 aromatic rings. The highest BCUT2D eigenvalue weighted by Gasteiger charge is 2.32. The highest BCUT2D eigenvalue weighted by Crippen LogP contribution is 2.35. The van der Waals surface area contributed by atoms with E-state index >= 15 is 0 Å². The minimum Gasteiger partial charge on any atom is -0.486 e. The number of nitrogens with one attached hydrogen (secondary N) is 2. The summed E-state index contributed by atoms with van der Waals surface area (Å²) >= 11 is 0. The zero-order valence-electron chi connectivity index (χ0n) is 14.5. The number of halogens is 2. The summed E-state index contributed by atoms with van der Waals surface area (Å²) in [5.74, 6) is -2.62. The van der Waals surface area contributed by atoms with Gasteiger partial charge in [-0.15, -0.1) is 0 Å². The third-order valence-electron chi connectivity index (χ3n) is 4.58. The number of imide groups is 1. The van der Waals surface area contributed by atoms with Crippen molar-refractivity contribution in [3.8, 4) is 11.5 Å². The number of ether oxygens (including phenoxy) is 2. The van der Waals surface area contributed by atoms with Gasteiger partial charge in [-0.2, -0.15) is 8.78 Å². The van der Waals surface area contributed by atoms with E-state index in [4.69, 9.17) is 4.74 Å². The Morgan fingerprint density at radius 2 is 1.89 bits per heavy atom. The molecule has 1 aliphatic heterocycles. The first-order valence-corrected chi connectivity index (χ1v) is 8.82. The molecule has 1 heterocycles. The molecule has 146 valence electrons. The van der Waals surface area contributed by atoms with E-state index < -0.39 is 30.3 Å². The van der Waals surface area contributed by atoms with Gasteiger partial charge in [-0.1, -0.05) is 0 Å². The zero-order chi connectivity index (χ0) is 19.4. The van der Waals surface area contributed by atoms with Crippen LogP contribution in [0.5, 0.6) is 11.5 Å². The third-order valence-corrected chi connectivity index (χ3v) is 4.58. The lowest BCUT2D eigenvalue weighted by atomic mass is 9.97. The van der Waals surface area contributed by atoms with Gasteiger partial charge >= 0.3 is 6.61 Å². The minimum atomic E-state index is -3.00. The Morgan fingerprint density at radius 1 is 1.15 bits per heavy atom. The van der Waals surface area contributed by atoms with Crippen molar-refractivity contribution < 1.29 is 32.6 Å². The lowest BCUT2D eigenvalue weighted by Crippen LogP contribution is -2.45. The van der Waals surface area contributed by atoms with Gasteiger partial charge in [-0.05, 0) is 44.2 Å². The van der Waals surface area contributed by atoms with E-state index in [9.17, 15) is 23.2 Å². The predicted octanol–water partition coefficient (Wildman–Crippen LogP) is 2.60. The van der Waals surface area contributed by atoms with Crippen LogP contribution in [0.4, 0.5) is 14.5 Å². The maximum absolute atomic E-state index is 12.6. The van der Waals surface area contributed by atoms with Crippen LogP contribution in [0.3, 0.4) is 0 Å². The quantitative estimate of drug-likeness (QED) is 0.583. The SMILES string of the molecule is O=C1CC[C@H](C(=O)Nc2ccc(OC(F)F)c(OC3CCCC3)c2)C(=O)N1. The van der Waals surface area contributed by atoms with E-state index in [2.05, 4.69) is 15.4 Å². The van der Waals surface area contributed by atoms with Crippen LogP contribution in [0, 0.1) is 5.92 Å². The molecule has 3 rings (SSSR count). The molecule has 1 atom stereocenters. The smallest absolute Gasteiger partial charge is 0.387 e. The molecule has 2 N–H and O–H groups in total. The molecule has 1 aliphatic carbocycles. The van der Waals surface area contributed by atoms with Gasteiger partial charge in [0.05, 0.1) is 6.10 Å². The van der Waals surface area contributed by atoms with Gasteiger partial charge < -0.3 is 14.8 Å². The molecule has 2 fully saturated rings. The molecule has 0 spiro atoms. The predicted molar refractivity (Wildman–Crippen MR) is 90.5 cm³/mol. The van der Waals surface area contributed by atoms with Crippen molar-refractivity contribution in [2.75, 3.05) is 5.32 Å². The van der Waals surface area contributed by atoms with Gasteiger partial charge in [0.2, 0.25) is 17.7 Å². The Bertz CT molecular complexity index is 734. The van der Waals surface area contributed by atoms with Crippen molar-refractivity contribution in [1.82, 2.24) is 5.32 Å². The first-order valence-electron chi connectivity index (χ1n) is 8.82. The standard InChI is InChI=1S/C18H20F2N2O5/c19-18(20)27-13-7-5-10(9-14(13)26-11-3-1-2-4-11)21-16(24)12-6-8-15(23)22-17(12)25/h5,7,9,11-12,18H,1-4,6,8H2,(H,21,24)(H,22,23,25)/t12-/m1/s1. The fourth-order valence-corrected chi connectivity index (χ4v) is 3.23. The van der Waals surface area contributed by atoms with Crippen molar-refractivity contribution in [2.45, 2.75) is 51.2 Å². The van der Waals surface area contributed by atoms with E-state index in [1.807, 2.05) is 0 Å². The fourth-order valence-electron chi connectivity index (χ4n) is 3.23. The topological polar surface area (TPSA) is 93.7 Å². The highest BCUT2D eigenvalue weighted by atomic mass is 19.3. The molecule has 1 saturated carbocycles. The second-order valence-corrected chi connectivity index (χ2v) is 6.56. The van der Waals surface area contributed by atoms with Crippen molar-refractivity contribution in [3.05, 3.63) is 18.2 Å². The van der Waals surface area contributed by atoms with Crippen molar-refractivity contribution in [1.29, 1.82) is 0 Å². The minimum absolute atomic E-state index is 0.0844. The van der Waals surface area contributed by atoms with Gasteiger partial charge in [-0.25, -0.2) is 0 Å². The van der Waals surface area contributed by atoms with Crippen LogP contribution in [0.25, 0.3) is 0 Å². The summed E-state index contributed by atoms with van der Waals surface area (Å²) in [6.07, 6.45) is 3.76. The first kappa shape index (κ1) is 19.1. The number of anilines is 1. The van der Waals surface area contributed by atoms with Crippen molar-refractivity contribution in [2.24, 2.45) is 5.92 Å². The van der Waals surface area contributed by atoms with Crippen LogP contribution in [0.2, 0.25) is 0 Å². The van der Waals surface area contributed by atoms with Crippen LogP contribution in [0.1, 0.15) is 38.5 Å². The highest BCUT2D eigenvalue weighted by molar-refractivity contribution is 6.12. The lowest BCUT2D eigenvalue weighted by Gasteiger charge is -2.21. The molecule has 3 amide bonds. The average molecular weight is 382 g/mol. The fraction of sp³-hybridized carbons (Fsp3) is 0.500. The molecule has 0 bridgehead atoms. The van der Waals surface area contributed by atoms with Crippen LogP contribution in [-0.2, 0) is 14.4 Å². The number of piperidine rings is 1. The third kappa shape index (κ3) is 4.93. The lowest BCUT2D eigenvalue weighted by molar-refractivity contribution is -0.139. The Balaban J connectivity index is 1.73. The Labute approximate surface area is 154 Å². The Hall–Kier alpha value is -2.71. The summed E-state index contributed by atoms with van der Waals surface area (Å²) in [5, 5.41) is 4.69. The second-order valence-electron chi connectivity index (χ2n) is 6.56. The van der Waals surface area contributed by atoms with Crippen LogP contribution < -0.4 is 20.1 Å². The summed E-state index contributed by atoms with van der Waals surface area (Å²) in [6.45, 7) is -3.00. The second kappa shape index (κ2) is 8.32. The summed E-state index contributed by atoms with van der Waals surface area (Å²) in [6, 6.07) is 4.08. The van der Waals surface area contributed by atoms with Gasteiger partial charge in [0.25, 0.3) is 0 Å². The summed E-state index contributed by atoms with van der Waals surface area (Å²) < 4.78 is 35.5. The summed E-state index contributed by atoms with van der Waals surface area (Å²) in [5.41, 5.74) is 0.291. The van der Waals surface area contributed by atoms with Gasteiger partial charge in [-0.3, -0.25) is 19.7 Å². The first-order chi connectivity index (χ1) is 12.9. The van der Waals surface area contributed by atoms with Gasteiger partial charge in [0.15, 0.2) is 11.5 Å². The monoisotopic (exact) mass is 382 g/mol. The van der Waals surface area contributed by atoms with E-state index in [0.717, 1.165) is 25.7 Å². The Kier molecular flexibility index (Phi) is 5.88. The molecule has 0 aromatic heterocycles. The molecule has 27 heavy (non-hydrogen) atoms. The zero-order valence-corrected chi connectivity index (χ0v) is 14.5. The molecule has 1 aromatic carbocycles. The van der Waals surface area contributed by atoms with Crippen LogP contribution in [-0.4, -0.2) is 30.4 Å². The summed E-state index contributed by atoms with van der Waals surface area (Å²) in [4.78, 5) is 35.3. The Morgan fingerprint density at radius 3 is 2.56 bits per heavy atom. The number of hydrogen-bond acceptors (Lipinski definition) is 5. The maximum atomic E-state index is 12.6. The number of carbonyl (C=O) groups is 3.